The van der Waals surface area contributed by atoms with Gasteiger partial charge in [-0.1, -0.05) is 25.1 Å². The molecule has 194 valence electrons. The van der Waals surface area contributed by atoms with Crippen LogP contribution in [0, 0.1) is 5.82 Å². The zero-order valence-corrected chi connectivity index (χ0v) is 21.2. The van der Waals surface area contributed by atoms with Crippen LogP contribution in [0.4, 0.5) is 4.39 Å². The maximum Gasteiger partial charge on any atom is 0.165 e. The molecule has 0 bridgehead atoms. The number of aryl methyl sites for hydroxylation is 1. The van der Waals surface area contributed by atoms with Crippen molar-refractivity contribution in [2.24, 2.45) is 0 Å². The third kappa shape index (κ3) is 6.77. The summed E-state index contributed by atoms with van der Waals surface area (Å²) < 4.78 is 33.2. The predicted octanol–water partition coefficient (Wildman–Crippen LogP) is 4.47. The number of ether oxygens (including phenoxy) is 3. The summed E-state index contributed by atoms with van der Waals surface area (Å²) in [6.07, 6.45) is 6.68. The summed E-state index contributed by atoms with van der Waals surface area (Å²) in [4.78, 5) is 6.67. The van der Waals surface area contributed by atoms with Gasteiger partial charge in [0.25, 0.3) is 0 Å². The maximum absolute atomic E-state index is 13.9. The Kier molecular flexibility index (Phi) is 8.83. The van der Waals surface area contributed by atoms with E-state index in [1.54, 1.807) is 25.3 Å². The third-order valence-electron chi connectivity index (χ3n) is 6.68. The van der Waals surface area contributed by atoms with Crippen molar-refractivity contribution >= 4 is 0 Å². The normalized spacial score (nSPS) is 18.6. The highest BCUT2D eigenvalue weighted by atomic mass is 19.1. The van der Waals surface area contributed by atoms with E-state index in [1.807, 2.05) is 24.5 Å². The minimum atomic E-state index is -0.973. The molecule has 1 aromatic heterocycles. The molecule has 1 fully saturated rings. The molecule has 1 aliphatic heterocycles. The van der Waals surface area contributed by atoms with Crippen LogP contribution < -0.4 is 14.2 Å². The summed E-state index contributed by atoms with van der Waals surface area (Å²) >= 11 is 0. The number of benzene rings is 2. The number of nitrogens with zero attached hydrogens (tertiary/aromatic N) is 3. The molecule has 1 N–H and O–H groups in total. The number of methoxy groups -OCH3 is 1. The van der Waals surface area contributed by atoms with Crippen molar-refractivity contribution in [3.8, 4) is 17.2 Å². The molecule has 36 heavy (non-hydrogen) atoms. The zero-order chi connectivity index (χ0) is 25.4. The maximum atomic E-state index is 13.9. The molecule has 2 heterocycles. The second-order valence-corrected chi connectivity index (χ2v) is 9.30. The lowest BCUT2D eigenvalue weighted by molar-refractivity contribution is -0.0177. The summed E-state index contributed by atoms with van der Waals surface area (Å²) in [7, 11) is 1.65. The lowest BCUT2D eigenvalue weighted by Crippen LogP contribution is -2.37. The Morgan fingerprint density at radius 2 is 1.92 bits per heavy atom. The Hall–Kier alpha value is -3.10. The van der Waals surface area contributed by atoms with Gasteiger partial charge in [-0.15, -0.1) is 0 Å². The Bertz CT molecular complexity index is 1120. The van der Waals surface area contributed by atoms with Crippen LogP contribution in [-0.4, -0.2) is 58.6 Å². The fourth-order valence-corrected chi connectivity index (χ4v) is 4.61. The molecule has 4 rings (SSSR count). The number of para-hydroxylation sites is 1. The van der Waals surface area contributed by atoms with E-state index in [0.717, 1.165) is 56.2 Å². The van der Waals surface area contributed by atoms with E-state index in [9.17, 15) is 9.50 Å². The van der Waals surface area contributed by atoms with E-state index >= 15 is 0 Å². The van der Waals surface area contributed by atoms with Crippen LogP contribution in [0.3, 0.4) is 0 Å². The molecule has 0 saturated carbocycles. The predicted molar refractivity (Wildman–Crippen MR) is 136 cm³/mol. The van der Waals surface area contributed by atoms with Crippen molar-refractivity contribution in [2.75, 3.05) is 33.4 Å². The minimum absolute atomic E-state index is 0.0838. The molecule has 0 radical (unpaired) electrons. The van der Waals surface area contributed by atoms with E-state index in [-0.39, 0.29) is 12.4 Å². The number of rotatable bonds is 11. The second kappa shape index (κ2) is 12.2. The summed E-state index contributed by atoms with van der Waals surface area (Å²) in [6.45, 7) is 5.77. The van der Waals surface area contributed by atoms with Gasteiger partial charge in [0, 0.05) is 31.9 Å². The molecule has 0 amide bonds. The van der Waals surface area contributed by atoms with Gasteiger partial charge in [-0.05, 0) is 55.6 Å². The van der Waals surface area contributed by atoms with Crippen LogP contribution >= 0.6 is 0 Å². The fourth-order valence-electron chi connectivity index (χ4n) is 4.61. The van der Waals surface area contributed by atoms with Crippen molar-refractivity contribution in [3.05, 3.63) is 72.1 Å². The number of aliphatic hydroxyl groups is 1. The van der Waals surface area contributed by atoms with Gasteiger partial charge in [-0.2, -0.15) is 0 Å². The molecule has 1 saturated heterocycles. The molecular formula is C28H36FN3O4. The minimum Gasteiger partial charge on any atom is -0.493 e. The molecule has 1 aliphatic rings. The Balaban J connectivity index is 1.29. The molecule has 0 unspecified atom stereocenters. The molecular weight excluding hydrogens is 461 g/mol. The van der Waals surface area contributed by atoms with E-state index in [4.69, 9.17) is 14.2 Å². The number of imidazole rings is 1. The molecule has 1 atom stereocenters. The Labute approximate surface area is 212 Å². The van der Waals surface area contributed by atoms with E-state index in [2.05, 4.69) is 27.4 Å². The van der Waals surface area contributed by atoms with Crippen molar-refractivity contribution < 1.29 is 23.7 Å². The lowest BCUT2D eigenvalue weighted by Gasteiger charge is -2.27. The quantitative estimate of drug-likeness (QED) is 0.422. The van der Waals surface area contributed by atoms with Gasteiger partial charge in [0.2, 0.25) is 0 Å². The molecule has 7 nitrogen and oxygen atoms in total. The van der Waals surface area contributed by atoms with E-state index in [0.29, 0.717) is 25.2 Å². The average Bonchev–Trinajstić information content (AvgIpc) is 3.26. The van der Waals surface area contributed by atoms with Crippen molar-refractivity contribution in [2.45, 2.75) is 51.3 Å². The van der Waals surface area contributed by atoms with Crippen molar-refractivity contribution in [1.82, 2.24) is 14.5 Å². The number of hydrogen-bond donors (Lipinski definition) is 1. The monoisotopic (exact) mass is 497 g/mol. The first-order valence-electron chi connectivity index (χ1n) is 12.6. The zero-order valence-electron chi connectivity index (χ0n) is 21.2. The highest BCUT2D eigenvalue weighted by molar-refractivity contribution is 5.43. The van der Waals surface area contributed by atoms with Gasteiger partial charge in [-0.3, -0.25) is 4.90 Å². The van der Waals surface area contributed by atoms with Gasteiger partial charge in [0.15, 0.2) is 23.1 Å². The SMILES string of the molecule is CCc1nccn1CCOc1ccc(CN2CCC[C@@](O)(COc3ccccc3F)CC2)cc1OC. The second-order valence-electron chi connectivity index (χ2n) is 9.30. The largest absolute Gasteiger partial charge is 0.493 e. The van der Waals surface area contributed by atoms with Crippen LogP contribution in [0.1, 0.15) is 37.6 Å². The first kappa shape index (κ1) is 26.0. The van der Waals surface area contributed by atoms with Crippen molar-refractivity contribution in [3.63, 3.8) is 0 Å². The van der Waals surface area contributed by atoms with Gasteiger partial charge in [-0.25, -0.2) is 9.37 Å². The van der Waals surface area contributed by atoms with Crippen molar-refractivity contribution in [1.29, 1.82) is 0 Å². The van der Waals surface area contributed by atoms with Crippen LogP contribution in [-0.2, 0) is 19.5 Å². The third-order valence-corrected chi connectivity index (χ3v) is 6.68. The van der Waals surface area contributed by atoms with Crippen LogP contribution in [0.15, 0.2) is 54.9 Å². The van der Waals surface area contributed by atoms with Crippen LogP contribution in [0.25, 0.3) is 0 Å². The smallest absolute Gasteiger partial charge is 0.165 e. The highest BCUT2D eigenvalue weighted by Crippen LogP contribution is 2.30. The first-order valence-corrected chi connectivity index (χ1v) is 12.6. The van der Waals surface area contributed by atoms with Gasteiger partial charge in [0.05, 0.1) is 19.3 Å². The van der Waals surface area contributed by atoms with Gasteiger partial charge < -0.3 is 23.9 Å². The number of halogens is 1. The van der Waals surface area contributed by atoms with E-state index in [1.165, 1.54) is 6.07 Å². The highest BCUT2D eigenvalue weighted by Gasteiger charge is 2.31. The first-order chi connectivity index (χ1) is 17.5. The van der Waals surface area contributed by atoms with Crippen LogP contribution in [0.5, 0.6) is 17.2 Å². The summed E-state index contributed by atoms with van der Waals surface area (Å²) in [5, 5.41) is 11.1. The molecule has 3 aromatic rings. The lowest BCUT2D eigenvalue weighted by atomic mass is 9.96. The molecule has 0 spiro atoms. The van der Waals surface area contributed by atoms with Gasteiger partial charge >= 0.3 is 0 Å². The average molecular weight is 498 g/mol. The summed E-state index contributed by atoms with van der Waals surface area (Å²) in [5.41, 5.74) is 0.148. The van der Waals surface area contributed by atoms with E-state index < -0.39 is 11.4 Å². The molecule has 8 heteroatoms. The Morgan fingerprint density at radius 1 is 1.06 bits per heavy atom. The van der Waals surface area contributed by atoms with Crippen LogP contribution in [0.2, 0.25) is 0 Å². The Morgan fingerprint density at radius 3 is 2.72 bits per heavy atom. The molecule has 0 aliphatic carbocycles. The molecule has 2 aromatic carbocycles. The topological polar surface area (TPSA) is 69.0 Å². The summed E-state index contributed by atoms with van der Waals surface area (Å²) in [5.74, 6) is 2.24. The standard InChI is InChI=1S/C28H36FN3O4/c1-3-27-30-13-16-32(27)17-18-35-25-10-9-22(19-26(25)34-2)20-31-14-6-11-28(33,12-15-31)21-36-24-8-5-4-7-23(24)29/h4-5,7-10,13,16,19,33H,3,6,11-12,14-15,17-18,20-21H2,1-2H3/t28-/m0/s1. The summed E-state index contributed by atoms with van der Waals surface area (Å²) in [6, 6.07) is 12.3. The fraction of sp³-hybridized carbons (Fsp3) is 0.464. The number of aromatic nitrogens is 2. The number of likely N-dealkylation sites (tertiary alicyclic amines) is 1. The van der Waals surface area contributed by atoms with Gasteiger partial charge in [0.1, 0.15) is 19.0 Å². The number of hydrogen-bond acceptors (Lipinski definition) is 6.